The first kappa shape index (κ1) is 20.1. The maximum atomic E-state index is 9.99. The number of unbranched alkanes of at least 4 members (excludes halogenated alkanes) is 3. The molecule has 0 saturated carbocycles. The van der Waals surface area contributed by atoms with Crippen LogP contribution in [0.15, 0.2) is 10.6 Å². The van der Waals surface area contributed by atoms with Gasteiger partial charge < -0.3 is 19.3 Å². The summed E-state index contributed by atoms with van der Waals surface area (Å²) in [5.74, 6) is 0. The van der Waals surface area contributed by atoms with Crippen molar-refractivity contribution < 1.29 is 19.3 Å². The molecule has 0 aromatic rings. The molecule has 4 nitrogen and oxygen atoms in total. The summed E-state index contributed by atoms with van der Waals surface area (Å²) >= 11 is 3.42. The Morgan fingerprint density at radius 3 is 2.65 bits per heavy atom. The Hall–Kier alpha value is 0.0600. The van der Waals surface area contributed by atoms with Gasteiger partial charge in [-0.15, -0.1) is 0 Å². The molecular formula is C15H29BrO4. The Morgan fingerprint density at radius 1 is 1.25 bits per heavy atom. The monoisotopic (exact) mass is 352 g/mol. The fraction of sp³-hybridized carbons (Fsp3) is 0.867. The molecule has 5 heteroatoms. The highest BCUT2D eigenvalue weighted by Gasteiger charge is 2.09. The molecular weight excluding hydrogens is 324 g/mol. The van der Waals surface area contributed by atoms with E-state index < -0.39 is 6.10 Å². The van der Waals surface area contributed by atoms with Crippen molar-refractivity contribution in [2.24, 2.45) is 0 Å². The summed E-state index contributed by atoms with van der Waals surface area (Å²) in [6.45, 7) is 5.42. The lowest BCUT2D eigenvalue weighted by Gasteiger charge is -2.13. The first-order chi connectivity index (χ1) is 9.61. The van der Waals surface area contributed by atoms with E-state index in [-0.39, 0.29) is 12.9 Å². The molecule has 0 unspecified atom stereocenters. The van der Waals surface area contributed by atoms with Gasteiger partial charge in [0.15, 0.2) is 0 Å². The van der Waals surface area contributed by atoms with Gasteiger partial charge in [-0.2, -0.15) is 0 Å². The van der Waals surface area contributed by atoms with Crippen molar-refractivity contribution in [1.82, 2.24) is 0 Å². The molecule has 0 aliphatic carbocycles. The van der Waals surface area contributed by atoms with Gasteiger partial charge in [-0.1, -0.05) is 48.5 Å². The van der Waals surface area contributed by atoms with E-state index in [2.05, 4.69) is 22.9 Å². The summed E-state index contributed by atoms with van der Waals surface area (Å²) in [6.07, 6.45) is 6.79. The van der Waals surface area contributed by atoms with Crippen LogP contribution in [0.5, 0.6) is 0 Å². The van der Waals surface area contributed by atoms with Crippen LogP contribution in [-0.2, 0) is 14.2 Å². The van der Waals surface area contributed by atoms with E-state index in [0.29, 0.717) is 13.2 Å². The van der Waals surface area contributed by atoms with Crippen LogP contribution in [0.25, 0.3) is 0 Å². The van der Waals surface area contributed by atoms with E-state index in [1.165, 1.54) is 19.3 Å². The molecule has 0 fully saturated rings. The summed E-state index contributed by atoms with van der Waals surface area (Å²) in [7, 11) is 1.63. The fourth-order valence-corrected chi connectivity index (χ4v) is 2.24. The Morgan fingerprint density at radius 2 is 2.00 bits per heavy atom. The molecule has 0 aliphatic heterocycles. The summed E-state index contributed by atoms with van der Waals surface area (Å²) in [5, 5.41) is 9.99. The summed E-state index contributed by atoms with van der Waals surface area (Å²) in [5.41, 5.74) is 0. The van der Waals surface area contributed by atoms with Gasteiger partial charge >= 0.3 is 0 Å². The number of halogens is 1. The normalized spacial score (nSPS) is 15.3. The second-order valence-electron chi connectivity index (χ2n) is 4.81. The van der Waals surface area contributed by atoms with Crippen molar-refractivity contribution in [2.75, 3.05) is 27.1 Å². The van der Waals surface area contributed by atoms with Gasteiger partial charge in [0.1, 0.15) is 6.79 Å². The van der Waals surface area contributed by atoms with Gasteiger partial charge in [-0.05, 0) is 19.4 Å². The molecule has 2 atom stereocenters. The number of methoxy groups -OCH3 is 1. The third kappa shape index (κ3) is 11.9. The highest BCUT2D eigenvalue weighted by Crippen LogP contribution is 2.18. The molecule has 0 heterocycles. The average Bonchev–Trinajstić information content (AvgIpc) is 2.43. The van der Waals surface area contributed by atoms with Crippen LogP contribution < -0.4 is 0 Å². The summed E-state index contributed by atoms with van der Waals surface area (Å²) in [6, 6.07) is 0. The van der Waals surface area contributed by atoms with E-state index >= 15 is 0 Å². The molecule has 0 spiro atoms. The zero-order chi connectivity index (χ0) is 15.2. The minimum absolute atomic E-state index is 0.0998. The van der Waals surface area contributed by atoms with Gasteiger partial charge in [-0.3, -0.25) is 0 Å². The van der Waals surface area contributed by atoms with Crippen LogP contribution >= 0.6 is 15.9 Å². The first-order valence-electron chi connectivity index (χ1n) is 7.35. The van der Waals surface area contributed by atoms with E-state index in [1.807, 2.05) is 13.0 Å². The molecule has 0 aromatic carbocycles. The van der Waals surface area contributed by atoms with Gasteiger partial charge in [0.05, 0.1) is 25.4 Å². The van der Waals surface area contributed by atoms with Crippen molar-refractivity contribution in [1.29, 1.82) is 0 Å². The molecule has 120 valence electrons. The second kappa shape index (κ2) is 14.0. The SMILES string of the molecule is CCCCCC[C@H](O)/C(Br)=C\[C@H](C)OCOCCOC. The molecule has 0 saturated heterocycles. The molecule has 0 bridgehead atoms. The van der Waals surface area contributed by atoms with Crippen molar-refractivity contribution >= 4 is 15.9 Å². The van der Waals surface area contributed by atoms with Crippen LogP contribution in [-0.4, -0.2) is 44.4 Å². The van der Waals surface area contributed by atoms with Gasteiger partial charge in [0, 0.05) is 11.6 Å². The number of ether oxygens (including phenoxy) is 3. The van der Waals surface area contributed by atoms with Crippen LogP contribution in [0.4, 0.5) is 0 Å². The average molecular weight is 353 g/mol. The third-order valence-electron chi connectivity index (χ3n) is 2.89. The summed E-state index contributed by atoms with van der Waals surface area (Å²) in [4.78, 5) is 0. The number of hydrogen-bond acceptors (Lipinski definition) is 4. The first-order valence-corrected chi connectivity index (χ1v) is 8.14. The van der Waals surface area contributed by atoms with Crippen LogP contribution in [0.1, 0.15) is 46.0 Å². The van der Waals surface area contributed by atoms with Gasteiger partial charge in [-0.25, -0.2) is 0 Å². The zero-order valence-electron chi connectivity index (χ0n) is 12.9. The lowest BCUT2D eigenvalue weighted by molar-refractivity contribution is -0.0805. The highest BCUT2D eigenvalue weighted by atomic mass is 79.9. The number of rotatable bonds is 13. The number of aliphatic hydroxyl groups excluding tert-OH is 1. The Balaban J connectivity index is 3.77. The van der Waals surface area contributed by atoms with E-state index in [1.54, 1.807) is 7.11 Å². The van der Waals surface area contributed by atoms with Crippen LogP contribution in [0.3, 0.4) is 0 Å². The Labute approximate surface area is 131 Å². The predicted octanol–water partition coefficient (Wildman–Crippen LogP) is 3.62. The predicted molar refractivity (Wildman–Crippen MR) is 85.0 cm³/mol. The van der Waals surface area contributed by atoms with E-state index in [4.69, 9.17) is 14.2 Å². The molecule has 0 amide bonds. The maximum absolute atomic E-state index is 9.99. The van der Waals surface area contributed by atoms with Crippen molar-refractivity contribution in [3.05, 3.63) is 10.6 Å². The topological polar surface area (TPSA) is 47.9 Å². The van der Waals surface area contributed by atoms with E-state index in [9.17, 15) is 5.11 Å². The molecule has 20 heavy (non-hydrogen) atoms. The fourth-order valence-electron chi connectivity index (χ4n) is 1.64. The second-order valence-corrected chi connectivity index (χ2v) is 5.72. The zero-order valence-corrected chi connectivity index (χ0v) is 14.5. The Kier molecular flexibility index (Phi) is 14.1. The van der Waals surface area contributed by atoms with Crippen molar-refractivity contribution in [3.8, 4) is 0 Å². The van der Waals surface area contributed by atoms with Crippen molar-refractivity contribution in [2.45, 2.75) is 58.2 Å². The molecule has 0 aliphatic rings. The largest absolute Gasteiger partial charge is 0.388 e. The molecule has 0 rings (SSSR count). The third-order valence-corrected chi connectivity index (χ3v) is 3.68. The minimum atomic E-state index is -0.438. The smallest absolute Gasteiger partial charge is 0.147 e. The Bertz CT molecular complexity index is 246. The van der Waals surface area contributed by atoms with Gasteiger partial charge in [0.2, 0.25) is 0 Å². The maximum Gasteiger partial charge on any atom is 0.147 e. The van der Waals surface area contributed by atoms with Crippen LogP contribution in [0.2, 0.25) is 0 Å². The van der Waals surface area contributed by atoms with E-state index in [0.717, 1.165) is 17.3 Å². The highest BCUT2D eigenvalue weighted by molar-refractivity contribution is 9.11. The molecule has 0 aromatic heterocycles. The molecule has 0 radical (unpaired) electrons. The lowest BCUT2D eigenvalue weighted by Crippen LogP contribution is -2.14. The molecule has 1 N–H and O–H groups in total. The standard InChI is InChI=1S/C15H29BrO4/c1-4-5-6-7-8-15(17)14(16)11-13(2)20-12-19-10-9-18-3/h11,13,15,17H,4-10,12H2,1-3H3/b14-11+/t13-,15-/m0/s1. The van der Waals surface area contributed by atoms with Crippen LogP contribution in [0, 0.1) is 0 Å². The lowest BCUT2D eigenvalue weighted by atomic mass is 10.1. The van der Waals surface area contributed by atoms with Crippen molar-refractivity contribution in [3.63, 3.8) is 0 Å². The minimum Gasteiger partial charge on any atom is -0.388 e. The van der Waals surface area contributed by atoms with Gasteiger partial charge in [0.25, 0.3) is 0 Å². The number of aliphatic hydroxyl groups is 1. The number of hydrogen-bond donors (Lipinski definition) is 1. The quantitative estimate of drug-likeness (QED) is 0.406. The summed E-state index contributed by atoms with van der Waals surface area (Å²) < 4.78 is 16.3.